The van der Waals surface area contributed by atoms with Crippen molar-refractivity contribution in [2.45, 2.75) is 116 Å². The number of para-hydroxylation sites is 2. The van der Waals surface area contributed by atoms with Crippen LogP contribution in [0.4, 0.5) is 17.1 Å². The van der Waals surface area contributed by atoms with Gasteiger partial charge in [0.25, 0.3) is 0 Å². The van der Waals surface area contributed by atoms with E-state index in [0.29, 0.717) is 31.1 Å². The molecule has 1 fully saturated rings. The van der Waals surface area contributed by atoms with Crippen molar-refractivity contribution >= 4 is 34.8 Å². The van der Waals surface area contributed by atoms with Crippen molar-refractivity contribution in [3.05, 3.63) is 95.8 Å². The fourth-order valence-electron chi connectivity index (χ4n) is 8.57. The monoisotopic (exact) mass is 716 g/mol. The Bertz CT molecular complexity index is 1920. The number of hydrogen-bond donors (Lipinski definition) is 3. The second-order valence-electron chi connectivity index (χ2n) is 14.9. The molecule has 3 amide bonds. The van der Waals surface area contributed by atoms with Gasteiger partial charge in [0.15, 0.2) is 0 Å². The fourth-order valence-corrected chi connectivity index (χ4v) is 8.57. The van der Waals surface area contributed by atoms with Gasteiger partial charge in [-0.15, -0.1) is 5.10 Å². The molecule has 4 atom stereocenters. The van der Waals surface area contributed by atoms with E-state index >= 15 is 0 Å². The molecule has 0 spiro atoms. The Labute approximate surface area is 312 Å². The molecular weight excluding hydrogens is 665 g/mol. The lowest BCUT2D eigenvalue weighted by Crippen LogP contribution is -2.47. The molecule has 3 aliphatic rings. The minimum atomic E-state index is -0.0207. The van der Waals surface area contributed by atoms with Crippen LogP contribution in [-0.4, -0.2) is 50.8 Å². The van der Waals surface area contributed by atoms with E-state index in [1.165, 1.54) is 5.56 Å². The summed E-state index contributed by atoms with van der Waals surface area (Å²) in [5.74, 6) is 0.357. The van der Waals surface area contributed by atoms with Crippen molar-refractivity contribution in [3.8, 4) is 5.69 Å². The lowest BCUT2D eigenvalue weighted by Gasteiger charge is -2.41. The molecule has 2 aliphatic heterocycles. The lowest BCUT2D eigenvalue weighted by atomic mass is 9.83. The maximum atomic E-state index is 13.2. The molecule has 3 aromatic carbocycles. The first-order chi connectivity index (χ1) is 25.7. The van der Waals surface area contributed by atoms with E-state index in [9.17, 15) is 14.4 Å². The van der Waals surface area contributed by atoms with Crippen molar-refractivity contribution in [1.29, 1.82) is 0 Å². The van der Waals surface area contributed by atoms with E-state index in [4.69, 9.17) is 0 Å². The summed E-state index contributed by atoms with van der Waals surface area (Å²) in [5, 5.41) is 19.3. The van der Waals surface area contributed by atoms with Crippen LogP contribution in [0.2, 0.25) is 0 Å². The molecule has 0 unspecified atom stereocenters. The van der Waals surface area contributed by atoms with Gasteiger partial charge in [0.1, 0.15) is 5.69 Å². The third-order valence-corrected chi connectivity index (χ3v) is 11.3. The average molecular weight is 717 g/mol. The highest BCUT2D eigenvalue weighted by Gasteiger charge is 2.36. The standard InChI is InChI=1S/C42H52N8O3/c1-5-40(51)49-27(3)23-36(34-11-7-9-13-38(34)49)44-30-17-15-29(16-18-30)42(53)43-25-32-26-48(47-46-32)33-21-19-31(20-22-33)45-37-24-28(4)50(41(52)6-2)39-14-10-8-12-35(37)39/h7-14,19-22,26-30,36-37,44-45H,5-6,15-18,23-25H2,1-4H3,(H,43,53)/t27-,28-,29?,30?,36+,37+/m0/s1. The first-order valence-electron chi connectivity index (χ1n) is 19.4. The van der Waals surface area contributed by atoms with E-state index in [1.807, 2.05) is 78.4 Å². The number of carbonyl (C=O) groups is 3. The first kappa shape index (κ1) is 36.3. The van der Waals surface area contributed by atoms with Crippen molar-refractivity contribution < 1.29 is 14.4 Å². The van der Waals surface area contributed by atoms with Gasteiger partial charge in [0.2, 0.25) is 17.7 Å². The molecule has 1 saturated carbocycles. The molecule has 11 nitrogen and oxygen atoms in total. The molecule has 278 valence electrons. The van der Waals surface area contributed by atoms with E-state index in [2.05, 4.69) is 64.4 Å². The van der Waals surface area contributed by atoms with Gasteiger partial charge in [-0.3, -0.25) is 14.4 Å². The van der Waals surface area contributed by atoms with Gasteiger partial charge in [0, 0.05) is 60.0 Å². The summed E-state index contributed by atoms with van der Waals surface area (Å²) < 4.78 is 1.73. The zero-order valence-corrected chi connectivity index (χ0v) is 31.3. The van der Waals surface area contributed by atoms with E-state index in [-0.39, 0.29) is 47.8 Å². The van der Waals surface area contributed by atoms with Crippen molar-refractivity contribution in [2.75, 3.05) is 15.1 Å². The van der Waals surface area contributed by atoms with Crippen LogP contribution in [0.25, 0.3) is 5.69 Å². The second-order valence-corrected chi connectivity index (χ2v) is 14.9. The first-order valence-corrected chi connectivity index (χ1v) is 19.4. The number of anilines is 3. The number of rotatable bonds is 10. The minimum Gasteiger partial charge on any atom is -0.378 e. The summed E-state index contributed by atoms with van der Waals surface area (Å²) in [6.45, 7) is 8.41. The molecular formula is C42H52N8O3. The highest BCUT2D eigenvalue weighted by Crippen LogP contribution is 2.40. The van der Waals surface area contributed by atoms with Crippen LogP contribution in [0.3, 0.4) is 0 Å². The molecule has 0 bridgehead atoms. The Kier molecular flexibility index (Phi) is 10.9. The van der Waals surface area contributed by atoms with E-state index < -0.39 is 0 Å². The second kappa shape index (κ2) is 15.9. The number of carbonyl (C=O) groups excluding carboxylic acids is 3. The molecule has 3 heterocycles. The fraction of sp³-hybridized carbons (Fsp3) is 0.452. The summed E-state index contributed by atoms with van der Waals surface area (Å²) >= 11 is 0. The summed E-state index contributed by atoms with van der Waals surface area (Å²) in [6.07, 6.45) is 8.08. The minimum absolute atomic E-state index is 0.0207. The average Bonchev–Trinajstić information content (AvgIpc) is 3.66. The van der Waals surface area contributed by atoms with Crippen LogP contribution >= 0.6 is 0 Å². The van der Waals surface area contributed by atoms with Gasteiger partial charge in [-0.25, -0.2) is 4.68 Å². The van der Waals surface area contributed by atoms with Crippen molar-refractivity contribution in [3.63, 3.8) is 0 Å². The quantitative estimate of drug-likeness (QED) is 0.162. The topological polar surface area (TPSA) is 124 Å². The Morgan fingerprint density at radius 1 is 0.736 bits per heavy atom. The highest BCUT2D eigenvalue weighted by atomic mass is 16.2. The van der Waals surface area contributed by atoms with Crippen molar-refractivity contribution in [2.24, 2.45) is 5.92 Å². The lowest BCUT2D eigenvalue weighted by molar-refractivity contribution is -0.126. The Balaban J connectivity index is 0.894. The summed E-state index contributed by atoms with van der Waals surface area (Å²) in [5.41, 5.74) is 6.88. The molecule has 53 heavy (non-hydrogen) atoms. The molecule has 3 N–H and O–H groups in total. The van der Waals surface area contributed by atoms with Crippen LogP contribution in [0.1, 0.15) is 108 Å². The van der Waals surface area contributed by atoms with Crippen LogP contribution in [0.15, 0.2) is 79.0 Å². The SMILES string of the molecule is CCC(=O)N1c2ccccc2[C@H](Nc2ccc(-n3cc(CNC(=O)C4CCC(N[C@@H]5C[C@H](C)N(C(=O)CC)c6ccccc65)CC4)nn3)cc2)C[C@@H]1C. The van der Waals surface area contributed by atoms with Gasteiger partial charge in [-0.05, 0) is 99.9 Å². The molecule has 1 aromatic heterocycles. The van der Waals surface area contributed by atoms with Crippen LogP contribution in [0.5, 0.6) is 0 Å². The van der Waals surface area contributed by atoms with Gasteiger partial charge < -0.3 is 25.8 Å². The largest absolute Gasteiger partial charge is 0.378 e. The zero-order valence-electron chi connectivity index (χ0n) is 31.3. The van der Waals surface area contributed by atoms with E-state index in [1.54, 1.807) is 4.68 Å². The molecule has 4 aromatic rings. The predicted octanol–water partition coefficient (Wildman–Crippen LogP) is 7.00. The Morgan fingerprint density at radius 3 is 1.91 bits per heavy atom. The normalized spacial score (nSPS) is 23.8. The third kappa shape index (κ3) is 7.71. The molecule has 0 saturated heterocycles. The van der Waals surface area contributed by atoms with Crippen LogP contribution < -0.4 is 25.8 Å². The highest BCUT2D eigenvalue weighted by molar-refractivity contribution is 5.96. The summed E-state index contributed by atoms with van der Waals surface area (Å²) in [6, 6.07) is 25.3. The smallest absolute Gasteiger partial charge is 0.226 e. The number of benzene rings is 3. The van der Waals surface area contributed by atoms with Crippen LogP contribution in [0, 0.1) is 5.92 Å². The number of nitrogens with one attached hydrogen (secondary N) is 3. The van der Waals surface area contributed by atoms with Crippen molar-refractivity contribution in [1.82, 2.24) is 25.6 Å². The molecule has 1 aliphatic carbocycles. The van der Waals surface area contributed by atoms with Gasteiger partial charge >= 0.3 is 0 Å². The van der Waals surface area contributed by atoms with Gasteiger partial charge in [-0.2, -0.15) is 0 Å². The summed E-state index contributed by atoms with van der Waals surface area (Å²) in [4.78, 5) is 42.5. The molecule has 7 rings (SSSR count). The number of aromatic nitrogens is 3. The third-order valence-electron chi connectivity index (χ3n) is 11.3. The molecule has 0 radical (unpaired) electrons. The number of fused-ring (bicyclic) bond motifs is 2. The van der Waals surface area contributed by atoms with Gasteiger partial charge in [-0.1, -0.05) is 55.5 Å². The Morgan fingerprint density at radius 2 is 1.30 bits per heavy atom. The van der Waals surface area contributed by atoms with E-state index in [0.717, 1.165) is 66.8 Å². The maximum Gasteiger partial charge on any atom is 0.226 e. The number of hydrogen-bond acceptors (Lipinski definition) is 7. The zero-order chi connectivity index (χ0) is 37.1. The van der Waals surface area contributed by atoms with Gasteiger partial charge in [0.05, 0.1) is 24.5 Å². The summed E-state index contributed by atoms with van der Waals surface area (Å²) in [7, 11) is 0. The predicted molar refractivity (Wildman–Crippen MR) is 208 cm³/mol. The van der Waals surface area contributed by atoms with Crippen LogP contribution in [-0.2, 0) is 20.9 Å². The number of nitrogens with zero attached hydrogens (tertiary/aromatic N) is 5. The number of amides is 3. The Hall–Kier alpha value is -5.03. The molecule has 11 heteroatoms. The maximum absolute atomic E-state index is 13.2.